The van der Waals surface area contributed by atoms with Crippen LogP contribution < -0.4 is 5.56 Å². The smallest absolute Gasteiger partial charge is 0.249 e. The molecule has 0 amide bonds. The molecular formula is C15H11ClN6OS. The summed E-state index contributed by atoms with van der Waals surface area (Å²) in [5, 5.41) is 24.1. The quantitative estimate of drug-likeness (QED) is 0.693. The summed E-state index contributed by atoms with van der Waals surface area (Å²) in [6.45, 7) is 1.74. The number of hydrogen-bond acceptors (Lipinski definition) is 6. The Morgan fingerprint density at radius 3 is 2.92 bits per heavy atom. The Morgan fingerprint density at radius 2 is 2.21 bits per heavy atom. The number of rotatable bonds is 4. The van der Waals surface area contributed by atoms with Crippen LogP contribution in [0.5, 0.6) is 0 Å². The molecule has 24 heavy (non-hydrogen) atoms. The largest absolute Gasteiger partial charge is 0.316 e. The molecule has 0 saturated heterocycles. The van der Waals surface area contributed by atoms with Gasteiger partial charge in [0.1, 0.15) is 6.07 Å². The molecular weight excluding hydrogens is 348 g/mol. The predicted molar refractivity (Wildman–Crippen MR) is 90.7 cm³/mol. The standard InChI is InChI=1S/C15H11ClN6OS/c1-8-4-13(23)18-15(11(8)6-17)24-7-10-5-9(2-3-12(10)16)14-19-21-22-20-14/h2-5H,7H2,1H3,(H,18,23)(H,19,20,21,22). The van der Waals surface area contributed by atoms with Gasteiger partial charge in [0, 0.05) is 22.4 Å². The third-order valence-electron chi connectivity index (χ3n) is 3.35. The van der Waals surface area contributed by atoms with Crippen molar-refractivity contribution in [1.29, 1.82) is 5.26 Å². The number of aromatic nitrogens is 5. The van der Waals surface area contributed by atoms with E-state index in [1.165, 1.54) is 17.8 Å². The molecule has 0 fully saturated rings. The van der Waals surface area contributed by atoms with Gasteiger partial charge in [0.05, 0.1) is 10.6 Å². The van der Waals surface area contributed by atoms with Crippen molar-refractivity contribution in [2.45, 2.75) is 17.7 Å². The van der Waals surface area contributed by atoms with E-state index in [0.29, 0.717) is 32.8 Å². The van der Waals surface area contributed by atoms with E-state index in [2.05, 4.69) is 31.7 Å². The van der Waals surface area contributed by atoms with Gasteiger partial charge >= 0.3 is 0 Å². The fraction of sp³-hybridized carbons (Fsp3) is 0.133. The van der Waals surface area contributed by atoms with Gasteiger partial charge in [0.2, 0.25) is 5.56 Å². The molecule has 120 valence electrons. The summed E-state index contributed by atoms with van der Waals surface area (Å²) in [6, 6.07) is 8.98. The number of tetrazole rings is 1. The molecule has 0 bridgehead atoms. The van der Waals surface area contributed by atoms with Gasteiger partial charge in [-0.05, 0) is 46.7 Å². The second kappa shape index (κ2) is 6.86. The lowest BCUT2D eigenvalue weighted by Gasteiger charge is -2.08. The monoisotopic (exact) mass is 358 g/mol. The van der Waals surface area contributed by atoms with E-state index in [1.807, 2.05) is 12.1 Å². The summed E-state index contributed by atoms with van der Waals surface area (Å²) < 4.78 is 0. The molecule has 3 rings (SSSR count). The van der Waals surface area contributed by atoms with Crippen molar-refractivity contribution in [1.82, 2.24) is 25.6 Å². The van der Waals surface area contributed by atoms with Gasteiger partial charge in [0.15, 0.2) is 5.82 Å². The number of thioether (sulfide) groups is 1. The van der Waals surface area contributed by atoms with Crippen LogP contribution in [0.4, 0.5) is 0 Å². The van der Waals surface area contributed by atoms with Crippen molar-refractivity contribution >= 4 is 23.4 Å². The van der Waals surface area contributed by atoms with Crippen molar-refractivity contribution in [3.63, 3.8) is 0 Å². The van der Waals surface area contributed by atoms with Crippen LogP contribution in [0.1, 0.15) is 16.7 Å². The first kappa shape index (κ1) is 16.2. The maximum atomic E-state index is 11.6. The Labute approximate surface area is 146 Å². The number of nitrogens with one attached hydrogen (secondary N) is 2. The zero-order valence-corrected chi connectivity index (χ0v) is 14.1. The highest BCUT2D eigenvalue weighted by molar-refractivity contribution is 7.98. The number of aryl methyl sites for hydroxylation is 1. The molecule has 0 aliphatic rings. The lowest BCUT2D eigenvalue weighted by Crippen LogP contribution is -2.08. The van der Waals surface area contributed by atoms with E-state index >= 15 is 0 Å². The van der Waals surface area contributed by atoms with Crippen LogP contribution in [0.25, 0.3) is 11.4 Å². The highest BCUT2D eigenvalue weighted by Crippen LogP contribution is 2.30. The van der Waals surface area contributed by atoms with Crippen LogP contribution in [0.3, 0.4) is 0 Å². The van der Waals surface area contributed by atoms with Gasteiger partial charge in [-0.15, -0.1) is 16.9 Å². The zero-order chi connectivity index (χ0) is 17.1. The molecule has 0 atom stereocenters. The topological polar surface area (TPSA) is 111 Å². The van der Waals surface area contributed by atoms with Gasteiger partial charge in [-0.2, -0.15) is 5.26 Å². The Kier molecular flexibility index (Phi) is 4.64. The summed E-state index contributed by atoms with van der Waals surface area (Å²) in [6.07, 6.45) is 0. The third kappa shape index (κ3) is 3.32. The number of pyridine rings is 1. The van der Waals surface area contributed by atoms with Crippen LogP contribution in [-0.4, -0.2) is 25.6 Å². The molecule has 0 spiro atoms. The average molecular weight is 359 g/mol. The highest BCUT2D eigenvalue weighted by atomic mass is 35.5. The van der Waals surface area contributed by atoms with Gasteiger partial charge in [-0.1, -0.05) is 11.6 Å². The molecule has 0 aliphatic carbocycles. The number of H-pyrrole nitrogens is 2. The second-order valence-electron chi connectivity index (χ2n) is 4.98. The summed E-state index contributed by atoms with van der Waals surface area (Å²) in [7, 11) is 0. The molecule has 0 radical (unpaired) electrons. The van der Waals surface area contributed by atoms with Gasteiger partial charge in [-0.25, -0.2) is 5.10 Å². The van der Waals surface area contributed by atoms with Gasteiger partial charge in [-0.3, -0.25) is 4.79 Å². The minimum atomic E-state index is -0.235. The van der Waals surface area contributed by atoms with Crippen LogP contribution in [0.2, 0.25) is 5.02 Å². The number of benzene rings is 1. The van der Waals surface area contributed by atoms with E-state index in [9.17, 15) is 10.1 Å². The molecule has 0 saturated carbocycles. The van der Waals surface area contributed by atoms with Crippen molar-refractivity contribution in [3.05, 3.63) is 56.3 Å². The Balaban J connectivity index is 1.89. The maximum absolute atomic E-state index is 11.6. The van der Waals surface area contributed by atoms with Crippen LogP contribution in [0, 0.1) is 18.3 Å². The molecule has 1 aromatic carbocycles. The molecule has 0 unspecified atom stereocenters. The minimum Gasteiger partial charge on any atom is -0.316 e. The number of nitriles is 1. The summed E-state index contributed by atoms with van der Waals surface area (Å²) in [5.74, 6) is 1.03. The Hall–Kier alpha value is -2.63. The first-order chi connectivity index (χ1) is 11.6. The average Bonchev–Trinajstić information content (AvgIpc) is 3.08. The van der Waals surface area contributed by atoms with Crippen LogP contribution in [-0.2, 0) is 5.75 Å². The van der Waals surface area contributed by atoms with E-state index in [4.69, 9.17) is 11.6 Å². The molecule has 0 aliphatic heterocycles. The predicted octanol–water partition coefficient (Wildman–Crippen LogP) is 2.68. The number of nitrogens with zero attached hydrogens (tertiary/aromatic N) is 4. The third-order valence-corrected chi connectivity index (χ3v) is 4.77. The van der Waals surface area contributed by atoms with Crippen molar-refractivity contribution in [2.75, 3.05) is 0 Å². The highest BCUT2D eigenvalue weighted by Gasteiger charge is 2.11. The lowest BCUT2D eigenvalue weighted by molar-refractivity contribution is 0.881. The Bertz CT molecular complexity index is 977. The summed E-state index contributed by atoms with van der Waals surface area (Å²) in [4.78, 5) is 14.3. The lowest BCUT2D eigenvalue weighted by atomic mass is 10.1. The molecule has 2 aromatic heterocycles. The molecule has 9 heteroatoms. The van der Waals surface area contributed by atoms with Gasteiger partial charge < -0.3 is 4.98 Å². The molecule has 2 N–H and O–H groups in total. The summed E-state index contributed by atoms with van der Waals surface area (Å²) >= 11 is 7.60. The van der Waals surface area contributed by atoms with E-state index in [-0.39, 0.29) is 5.56 Å². The fourth-order valence-electron chi connectivity index (χ4n) is 2.17. The zero-order valence-electron chi connectivity index (χ0n) is 12.5. The fourth-order valence-corrected chi connectivity index (χ4v) is 3.50. The minimum absolute atomic E-state index is 0.235. The van der Waals surface area contributed by atoms with Crippen LogP contribution in [0.15, 0.2) is 34.1 Å². The van der Waals surface area contributed by atoms with Gasteiger partial charge in [0.25, 0.3) is 0 Å². The molecule has 3 aromatic rings. The first-order valence-electron chi connectivity index (χ1n) is 6.88. The van der Waals surface area contributed by atoms with Crippen molar-refractivity contribution in [3.8, 4) is 17.5 Å². The SMILES string of the molecule is Cc1cc(=O)[nH]c(SCc2cc(-c3nnn[nH]3)ccc2Cl)c1C#N. The van der Waals surface area contributed by atoms with Crippen LogP contribution >= 0.6 is 23.4 Å². The van der Waals surface area contributed by atoms with E-state index in [0.717, 1.165) is 11.1 Å². The van der Waals surface area contributed by atoms with E-state index in [1.54, 1.807) is 13.0 Å². The normalized spacial score (nSPS) is 10.5. The van der Waals surface area contributed by atoms with Crippen molar-refractivity contribution < 1.29 is 0 Å². The first-order valence-corrected chi connectivity index (χ1v) is 8.24. The Morgan fingerprint density at radius 1 is 1.38 bits per heavy atom. The van der Waals surface area contributed by atoms with Crippen molar-refractivity contribution in [2.24, 2.45) is 0 Å². The maximum Gasteiger partial charge on any atom is 0.249 e. The second-order valence-corrected chi connectivity index (χ2v) is 6.37. The van der Waals surface area contributed by atoms with E-state index < -0.39 is 0 Å². The molecule has 2 heterocycles. The summed E-state index contributed by atoms with van der Waals surface area (Å²) in [5.41, 5.74) is 2.53. The number of hydrogen-bond donors (Lipinski definition) is 2. The number of aromatic amines is 2. The number of halogens is 1. The molecule has 7 nitrogen and oxygen atoms in total.